The van der Waals surface area contributed by atoms with Gasteiger partial charge in [-0.2, -0.15) is 0 Å². The van der Waals surface area contributed by atoms with E-state index in [-0.39, 0.29) is 18.9 Å². The van der Waals surface area contributed by atoms with Crippen LogP contribution < -0.4 is 5.32 Å². The first-order valence-corrected chi connectivity index (χ1v) is 14.3. The Morgan fingerprint density at radius 1 is 1.05 bits per heavy atom. The lowest BCUT2D eigenvalue weighted by Crippen LogP contribution is -2.56. The molecule has 0 saturated carbocycles. The van der Waals surface area contributed by atoms with Crippen molar-refractivity contribution in [1.82, 2.24) is 14.5 Å². The van der Waals surface area contributed by atoms with E-state index in [0.29, 0.717) is 12.1 Å². The number of esters is 1. The molecule has 0 radical (unpaired) electrons. The lowest BCUT2D eigenvalue weighted by molar-refractivity contribution is -0.204. The lowest BCUT2D eigenvalue weighted by Gasteiger charge is -2.37. The van der Waals surface area contributed by atoms with Crippen molar-refractivity contribution in [2.75, 3.05) is 6.61 Å². The van der Waals surface area contributed by atoms with E-state index in [2.05, 4.69) is 16.8 Å². The van der Waals surface area contributed by atoms with E-state index in [9.17, 15) is 14.7 Å². The number of fused-ring (bicyclic) bond motifs is 13. The minimum absolute atomic E-state index is 0.0296. The summed E-state index contributed by atoms with van der Waals surface area (Å²) in [4.78, 5) is 27.1. The average molecular weight is 538 g/mol. The number of carbonyl (C=O) groups is 2. The summed E-state index contributed by atoms with van der Waals surface area (Å²) in [5.41, 5.74) is 1.75. The number of unbranched alkanes of at least 4 members (excludes halogenated alkanes) is 3. The Balaban J connectivity index is 1.47. The molecule has 0 aliphatic carbocycles. The molecule has 5 aromatic rings. The molecular weight excluding hydrogens is 506 g/mol. The van der Waals surface area contributed by atoms with Crippen LogP contribution in [0.1, 0.15) is 68.1 Å². The highest BCUT2D eigenvalue weighted by Crippen LogP contribution is 2.57. The number of aromatic nitrogens is 2. The summed E-state index contributed by atoms with van der Waals surface area (Å²) in [7, 11) is 0. The monoisotopic (exact) mass is 537 g/mol. The molecule has 40 heavy (non-hydrogen) atoms. The predicted molar refractivity (Wildman–Crippen MR) is 152 cm³/mol. The molecule has 8 rings (SSSR count). The molecule has 204 valence electrons. The Kier molecular flexibility index (Phi) is 4.84. The van der Waals surface area contributed by atoms with Crippen molar-refractivity contribution in [1.29, 1.82) is 0 Å². The van der Waals surface area contributed by atoms with Crippen LogP contribution in [0.3, 0.4) is 0 Å². The van der Waals surface area contributed by atoms with E-state index >= 15 is 0 Å². The summed E-state index contributed by atoms with van der Waals surface area (Å²) in [5.74, 6) is -0.740. The molecule has 1 saturated heterocycles. The second-order valence-electron chi connectivity index (χ2n) is 11.5. The number of nitrogens with zero attached hydrogens (tertiary/aromatic N) is 2. The molecule has 5 heterocycles. The molecule has 3 aliphatic heterocycles. The minimum Gasteiger partial charge on any atom is -0.463 e. The molecular formula is C32H31N3O5. The molecule has 8 heteroatoms. The van der Waals surface area contributed by atoms with Crippen LogP contribution in [0, 0.1) is 0 Å². The van der Waals surface area contributed by atoms with E-state index in [1.165, 1.54) is 0 Å². The second-order valence-corrected chi connectivity index (χ2v) is 11.5. The highest BCUT2D eigenvalue weighted by molar-refractivity contribution is 6.31. The molecule has 1 fully saturated rings. The number of para-hydroxylation sites is 2. The number of rotatable bonds is 6. The molecule has 2 aromatic heterocycles. The van der Waals surface area contributed by atoms with Crippen molar-refractivity contribution < 1.29 is 24.2 Å². The fourth-order valence-electron chi connectivity index (χ4n) is 7.53. The number of carbonyl (C=O) groups excluding carboxylic acids is 2. The Labute approximate surface area is 230 Å². The van der Waals surface area contributed by atoms with Crippen LogP contribution in [-0.2, 0) is 26.5 Å². The van der Waals surface area contributed by atoms with E-state index in [4.69, 9.17) is 9.47 Å². The van der Waals surface area contributed by atoms with Gasteiger partial charge in [0.05, 0.1) is 34.2 Å². The van der Waals surface area contributed by atoms with Gasteiger partial charge in [-0.25, -0.2) is 4.79 Å². The van der Waals surface area contributed by atoms with Gasteiger partial charge in [0.1, 0.15) is 6.23 Å². The standard InChI is InChI=1S/C32H31N3O5/c1-3-4-5-10-15-39-30(37)32(38)16-23-34-21-13-8-6-11-18(21)25-26-20(17-33-29(26)36)24-19-12-7-9-14-22(19)35(28(24)27(25)34)31(32,2)40-23/h6-9,11-14,23,38H,3-5,10,15-17H2,1-2H3,(H,33,36)/t23-,31-,32-/m1/s1. The van der Waals surface area contributed by atoms with Crippen molar-refractivity contribution in [3.05, 3.63) is 59.7 Å². The number of hydrogen-bond acceptors (Lipinski definition) is 5. The van der Waals surface area contributed by atoms with Gasteiger partial charge in [-0.3, -0.25) is 4.79 Å². The van der Waals surface area contributed by atoms with Crippen molar-refractivity contribution >= 4 is 55.5 Å². The highest BCUT2D eigenvalue weighted by Gasteiger charge is 2.66. The van der Waals surface area contributed by atoms with E-state index in [1.54, 1.807) is 6.92 Å². The molecule has 2 bridgehead atoms. The van der Waals surface area contributed by atoms with E-state index in [0.717, 1.165) is 74.9 Å². The van der Waals surface area contributed by atoms with Gasteiger partial charge in [0.25, 0.3) is 5.91 Å². The first-order valence-electron chi connectivity index (χ1n) is 14.3. The number of hydrogen-bond donors (Lipinski definition) is 2. The Bertz CT molecular complexity index is 1920. The maximum atomic E-state index is 13.8. The molecule has 3 aliphatic rings. The summed E-state index contributed by atoms with van der Waals surface area (Å²) < 4.78 is 16.7. The van der Waals surface area contributed by atoms with Crippen LogP contribution in [-0.4, -0.2) is 38.3 Å². The third-order valence-electron chi connectivity index (χ3n) is 9.40. The predicted octanol–water partition coefficient (Wildman–Crippen LogP) is 5.61. The summed E-state index contributed by atoms with van der Waals surface area (Å²) in [6.45, 7) is 4.61. The molecule has 3 aromatic carbocycles. The number of nitrogens with one attached hydrogen (secondary N) is 1. The van der Waals surface area contributed by atoms with Crippen LogP contribution in [0.15, 0.2) is 48.5 Å². The molecule has 8 nitrogen and oxygen atoms in total. The number of amides is 1. The summed E-state index contributed by atoms with van der Waals surface area (Å²) in [6, 6.07) is 16.0. The highest BCUT2D eigenvalue weighted by atomic mass is 16.6. The zero-order valence-electron chi connectivity index (χ0n) is 22.6. The van der Waals surface area contributed by atoms with Crippen molar-refractivity contribution in [3.8, 4) is 0 Å². The van der Waals surface area contributed by atoms with Crippen molar-refractivity contribution in [2.24, 2.45) is 0 Å². The Hall–Kier alpha value is -3.88. The maximum Gasteiger partial charge on any atom is 0.343 e. The third-order valence-corrected chi connectivity index (χ3v) is 9.40. The third kappa shape index (κ3) is 2.73. The van der Waals surface area contributed by atoms with Gasteiger partial charge in [-0.15, -0.1) is 0 Å². The van der Waals surface area contributed by atoms with Gasteiger partial charge in [0, 0.05) is 34.5 Å². The topological polar surface area (TPSA) is 94.7 Å². The van der Waals surface area contributed by atoms with Crippen LogP contribution in [0.5, 0.6) is 0 Å². The molecule has 2 N–H and O–H groups in total. The Morgan fingerprint density at radius 2 is 1.77 bits per heavy atom. The van der Waals surface area contributed by atoms with Crippen LogP contribution in [0.25, 0.3) is 43.6 Å². The quantitative estimate of drug-likeness (QED) is 0.217. The van der Waals surface area contributed by atoms with Gasteiger partial charge in [0.2, 0.25) is 5.60 Å². The molecule has 1 amide bonds. The smallest absolute Gasteiger partial charge is 0.343 e. The van der Waals surface area contributed by atoms with Crippen LogP contribution in [0.4, 0.5) is 0 Å². The summed E-state index contributed by atoms with van der Waals surface area (Å²) in [6.07, 6.45) is 3.28. The number of ether oxygens (including phenoxy) is 2. The normalized spacial score (nSPS) is 24.9. The fourth-order valence-corrected chi connectivity index (χ4v) is 7.53. The van der Waals surface area contributed by atoms with Crippen molar-refractivity contribution in [3.63, 3.8) is 0 Å². The zero-order valence-corrected chi connectivity index (χ0v) is 22.6. The average Bonchev–Trinajstić information content (AvgIpc) is 3.65. The number of benzene rings is 3. The zero-order chi connectivity index (χ0) is 27.4. The largest absolute Gasteiger partial charge is 0.463 e. The van der Waals surface area contributed by atoms with Gasteiger partial charge >= 0.3 is 5.97 Å². The van der Waals surface area contributed by atoms with Gasteiger partial charge in [0.15, 0.2) is 5.72 Å². The van der Waals surface area contributed by atoms with Crippen LogP contribution >= 0.6 is 0 Å². The van der Waals surface area contributed by atoms with Gasteiger partial charge in [-0.1, -0.05) is 62.6 Å². The molecule has 3 atom stereocenters. The van der Waals surface area contributed by atoms with Gasteiger partial charge < -0.3 is 29.0 Å². The van der Waals surface area contributed by atoms with E-state index in [1.807, 2.05) is 53.1 Å². The minimum atomic E-state index is -1.93. The first-order chi connectivity index (χ1) is 19.4. The summed E-state index contributed by atoms with van der Waals surface area (Å²) >= 11 is 0. The fraction of sp³-hybridized carbons (Fsp3) is 0.375. The Morgan fingerprint density at radius 3 is 2.55 bits per heavy atom. The van der Waals surface area contributed by atoms with Crippen molar-refractivity contribution in [2.45, 2.75) is 70.1 Å². The molecule has 0 unspecified atom stereocenters. The number of aliphatic hydroxyl groups is 1. The SMILES string of the molecule is CCCCCCOC(=O)[C@]1(O)C[C@H]2O[C@@]1(C)n1c3ccccc3c3c4c(c5c6ccccc6n2c5c31)C(=O)NC4. The lowest BCUT2D eigenvalue weighted by atomic mass is 9.88. The van der Waals surface area contributed by atoms with Crippen LogP contribution in [0.2, 0.25) is 0 Å². The molecule has 0 spiro atoms. The maximum absolute atomic E-state index is 13.8. The second kappa shape index (κ2) is 8.08. The first kappa shape index (κ1) is 24.0. The van der Waals surface area contributed by atoms with E-state index < -0.39 is 23.5 Å². The van der Waals surface area contributed by atoms with Gasteiger partial charge in [-0.05, 0) is 31.0 Å². The summed E-state index contributed by atoms with van der Waals surface area (Å²) in [5, 5.41) is 19.2.